The topological polar surface area (TPSA) is 23.5 Å². The Hall–Kier alpha value is -1.28. The van der Waals surface area contributed by atoms with Crippen LogP contribution >= 0.6 is 0 Å². The van der Waals surface area contributed by atoms with Gasteiger partial charge < -0.3 is 5.11 Å². The van der Waals surface area contributed by atoms with Crippen molar-refractivity contribution in [1.82, 2.24) is 4.90 Å². The number of hydrogen-bond donors (Lipinski definition) is 1. The van der Waals surface area contributed by atoms with Gasteiger partial charge in [-0.2, -0.15) is 0 Å². The molecular weight excluding hydrogens is 258 g/mol. The van der Waals surface area contributed by atoms with Crippen LogP contribution < -0.4 is 0 Å². The number of piperidine rings is 1. The molecule has 0 bridgehead atoms. The Kier molecular flexibility index (Phi) is 4.08. The molecule has 1 heterocycles. The van der Waals surface area contributed by atoms with E-state index in [-0.39, 0.29) is 5.41 Å². The van der Waals surface area contributed by atoms with Crippen LogP contribution in [0.4, 0.5) is 0 Å². The van der Waals surface area contributed by atoms with E-state index in [0.717, 1.165) is 19.0 Å². The fraction of sp³-hybridized carbons (Fsp3) is 0.579. The molecule has 21 heavy (non-hydrogen) atoms. The summed E-state index contributed by atoms with van der Waals surface area (Å²) in [5.41, 5.74) is 1.63. The van der Waals surface area contributed by atoms with Crippen LogP contribution in [0.15, 0.2) is 36.9 Å². The van der Waals surface area contributed by atoms with Gasteiger partial charge in [0, 0.05) is 18.5 Å². The third kappa shape index (κ3) is 2.74. The Morgan fingerprint density at radius 2 is 2.29 bits per heavy atom. The molecule has 0 radical (unpaired) electrons. The zero-order valence-electron chi connectivity index (χ0n) is 13.1. The summed E-state index contributed by atoms with van der Waals surface area (Å²) in [4.78, 5) is 2.54. The molecule has 1 aliphatic heterocycles. The van der Waals surface area contributed by atoms with Crippen molar-refractivity contribution in [3.8, 4) is 5.75 Å². The summed E-state index contributed by atoms with van der Waals surface area (Å²) in [5.74, 6) is 1.91. The number of aromatic hydroxyl groups is 1. The summed E-state index contributed by atoms with van der Waals surface area (Å²) in [7, 11) is 0. The van der Waals surface area contributed by atoms with Gasteiger partial charge in [-0.3, -0.25) is 4.90 Å². The quantitative estimate of drug-likeness (QED) is 0.850. The van der Waals surface area contributed by atoms with Crippen LogP contribution in [0.2, 0.25) is 0 Å². The van der Waals surface area contributed by atoms with E-state index in [1.165, 1.54) is 37.8 Å². The van der Waals surface area contributed by atoms with E-state index in [4.69, 9.17) is 0 Å². The van der Waals surface area contributed by atoms with Crippen molar-refractivity contribution in [1.29, 1.82) is 0 Å². The first-order valence-corrected chi connectivity index (χ1v) is 8.27. The Balaban J connectivity index is 1.93. The largest absolute Gasteiger partial charge is 0.508 e. The fourth-order valence-corrected chi connectivity index (χ4v) is 4.65. The number of benzene rings is 1. The summed E-state index contributed by atoms with van der Waals surface area (Å²) in [5, 5.41) is 9.91. The lowest BCUT2D eigenvalue weighted by atomic mass is 9.57. The van der Waals surface area contributed by atoms with E-state index in [1.54, 1.807) is 6.07 Å². The van der Waals surface area contributed by atoms with E-state index < -0.39 is 0 Å². The van der Waals surface area contributed by atoms with E-state index in [0.29, 0.717) is 11.7 Å². The van der Waals surface area contributed by atoms with Crippen molar-refractivity contribution < 1.29 is 5.11 Å². The van der Waals surface area contributed by atoms with Gasteiger partial charge in [0.05, 0.1) is 0 Å². The molecule has 2 heteroatoms. The second-order valence-electron chi connectivity index (χ2n) is 7.09. The molecule has 0 unspecified atom stereocenters. The number of hydrogen-bond acceptors (Lipinski definition) is 2. The Bertz CT molecular complexity index is 512. The number of nitrogens with zero attached hydrogens (tertiary/aromatic N) is 1. The van der Waals surface area contributed by atoms with Gasteiger partial charge in [0.1, 0.15) is 5.75 Å². The number of fused-ring (bicyclic) bond motifs is 1. The van der Waals surface area contributed by atoms with Crippen LogP contribution in [-0.4, -0.2) is 29.6 Å². The maximum absolute atomic E-state index is 9.91. The highest BCUT2D eigenvalue weighted by molar-refractivity contribution is 5.35. The highest BCUT2D eigenvalue weighted by atomic mass is 16.3. The van der Waals surface area contributed by atoms with Gasteiger partial charge in [-0.05, 0) is 55.3 Å². The van der Waals surface area contributed by atoms with Gasteiger partial charge in [-0.1, -0.05) is 31.6 Å². The molecule has 1 aliphatic carbocycles. The smallest absolute Gasteiger partial charge is 0.115 e. The second kappa shape index (κ2) is 5.84. The van der Waals surface area contributed by atoms with Gasteiger partial charge in [0.2, 0.25) is 0 Å². The maximum atomic E-state index is 9.91. The zero-order chi connectivity index (χ0) is 14.9. The Morgan fingerprint density at radius 1 is 1.43 bits per heavy atom. The molecule has 1 N–H and O–H groups in total. The minimum absolute atomic E-state index is 0.272. The lowest BCUT2D eigenvalue weighted by Crippen LogP contribution is -2.52. The molecule has 0 spiro atoms. The van der Waals surface area contributed by atoms with E-state index >= 15 is 0 Å². The molecule has 1 aromatic rings. The molecule has 2 nitrogen and oxygen atoms in total. The molecule has 0 amide bonds. The molecule has 1 saturated heterocycles. The molecule has 0 aromatic heterocycles. The predicted molar refractivity (Wildman–Crippen MR) is 87.5 cm³/mol. The van der Waals surface area contributed by atoms with Crippen molar-refractivity contribution in [2.24, 2.45) is 11.8 Å². The number of phenolic OH excluding ortho intramolecular Hbond substituents is 1. The van der Waals surface area contributed by atoms with E-state index in [1.807, 2.05) is 18.2 Å². The van der Waals surface area contributed by atoms with Gasteiger partial charge in [-0.25, -0.2) is 0 Å². The zero-order valence-corrected chi connectivity index (χ0v) is 13.1. The monoisotopic (exact) mass is 285 g/mol. The lowest BCUT2D eigenvalue weighted by Gasteiger charge is -2.52. The Morgan fingerprint density at radius 3 is 3.05 bits per heavy atom. The van der Waals surface area contributed by atoms with Gasteiger partial charge in [-0.15, -0.1) is 6.58 Å². The molecule has 1 saturated carbocycles. The van der Waals surface area contributed by atoms with Crippen LogP contribution in [0.25, 0.3) is 0 Å². The van der Waals surface area contributed by atoms with Gasteiger partial charge in [0.15, 0.2) is 0 Å². The van der Waals surface area contributed by atoms with Crippen molar-refractivity contribution in [3.63, 3.8) is 0 Å². The molecule has 114 valence electrons. The SMILES string of the molecule is C=CCN1CC[C@]2(c3cccc(O)c3)C[C@H](C)CC[C@H]2C1. The van der Waals surface area contributed by atoms with Crippen molar-refractivity contribution in [2.75, 3.05) is 19.6 Å². The van der Waals surface area contributed by atoms with Gasteiger partial charge >= 0.3 is 0 Å². The van der Waals surface area contributed by atoms with Crippen LogP contribution in [0.5, 0.6) is 5.75 Å². The average Bonchev–Trinajstić information content (AvgIpc) is 2.48. The fourth-order valence-electron chi connectivity index (χ4n) is 4.65. The molecule has 2 aliphatic rings. The van der Waals surface area contributed by atoms with Crippen molar-refractivity contribution in [3.05, 3.63) is 42.5 Å². The van der Waals surface area contributed by atoms with Crippen LogP contribution in [-0.2, 0) is 5.41 Å². The third-order valence-corrected chi connectivity index (χ3v) is 5.66. The van der Waals surface area contributed by atoms with Crippen LogP contribution in [0.1, 0.15) is 38.2 Å². The maximum Gasteiger partial charge on any atom is 0.115 e. The highest BCUT2D eigenvalue weighted by Crippen LogP contribution is 2.51. The average molecular weight is 285 g/mol. The molecule has 3 rings (SSSR count). The second-order valence-corrected chi connectivity index (χ2v) is 7.09. The summed E-state index contributed by atoms with van der Waals surface area (Å²) in [6.45, 7) is 9.59. The summed E-state index contributed by atoms with van der Waals surface area (Å²) >= 11 is 0. The third-order valence-electron chi connectivity index (χ3n) is 5.66. The first-order chi connectivity index (χ1) is 10.1. The standard InChI is InChI=1S/C19H27NO/c1-3-10-20-11-9-19(16-5-4-6-18(21)12-16)13-15(2)7-8-17(19)14-20/h3-6,12,15,17,21H,1,7-11,13-14H2,2H3/t15-,17+,19-/m1/s1. The van der Waals surface area contributed by atoms with Crippen LogP contribution in [0.3, 0.4) is 0 Å². The van der Waals surface area contributed by atoms with E-state index in [2.05, 4.69) is 24.5 Å². The molecule has 3 atom stereocenters. The van der Waals surface area contributed by atoms with Gasteiger partial charge in [0.25, 0.3) is 0 Å². The number of phenols is 1. The molecule has 1 aromatic carbocycles. The van der Waals surface area contributed by atoms with Crippen molar-refractivity contribution >= 4 is 0 Å². The lowest BCUT2D eigenvalue weighted by molar-refractivity contribution is 0.0439. The first kappa shape index (κ1) is 14.6. The Labute approximate surface area is 128 Å². The van der Waals surface area contributed by atoms with Crippen molar-refractivity contribution in [2.45, 2.75) is 38.0 Å². The molecule has 2 fully saturated rings. The van der Waals surface area contributed by atoms with Crippen LogP contribution in [0, 0.1) is 11.8 Å². The number of likely N-dealkylation sites (tertiary alicyclic amines) is 1. The molecular formula is C19H27NO. The summed E-state index contributed by atoms with van der Waals surface area (Å²) in [6.07, 6.45) is 7.15. The normalized spacial score (nSPS) is 33.4. The number of rotatable bonds is 3. The predicted octanol–water partition coefficient (Wildman–Crippen LogP) is 3.96. The summed E-state index contributed by atoms with van der Waals surface area (Å²) in [6, 6.07) is 8.03. The van der Waals surface area contributed by atoms with E-state index in [9.17, 15) is 5.11 Å². The minimum atomic E-state index is 0.272. The summed E-state index contributed by atoms with van der Waals surface area (Å²) < 4.78 is 0. The highest BCUT2D eigenvalue weighted by Gasteiger charge is 2.46. The minimum Gasteiger partial charge on any atom is -0.508 e. The first-order valence-electron chi connectivity index (χ1n) is 8.27.